The number of aryl methyl sites for hydroxylation is 1. The lowest BCUT2D eigenvalue weighted by Gasteiger charge is -2.10. The highest BCUT2D eigenvalue weighted by Crippen LogP contribution is 2.21. The molecule has 1 aromatic heterocycles. The van der Waals surface area contributed by atoms with Crippen LogP contribution in [0.3, 0.4) is 0 Å². The quantitative estimate of drug-likeness (QED) is 0.910. The van der Waals surface area contributed by atoms with Gasteiger partial charge in [-0.25, -0.2) is 4.39 Å². The Hall–Kier alpha value is -1.46. The molecule has 90 valence electrons. The molecule has 0 aliphatic carbocycles. The minimum absolute atomic E-state index is 0.0806. The average molecular weight is 255 g/mol. The molecule has 0 aliphatic rings. The highest BCUT2D eigenvalue weighted by Gasteiger charge is 2.11. The summed E-state index contributed by atoms with van der Waals surface area (Å²) in [7, 11) is 1.79. The number of benzene rings is 1. The van der Waals surface area contributed by atoms with Crippen LogP contribution < -0.4 is 5.73 Å². The first-order valence-corrected chi connectivity index (χ1v) is 5.50. The lowest BCUT2D eigenvalue weighted by Crippen LogP contribution is -2.13. The van der Waals surface area contributed by atoms with Crippen molar-refractivity contribution in [2.45, 2.75) is 12.5 Å². The minimum Gasteiger partial charge on any atom is -0.324 e. The highest BCUT2D eigenvalue weighted by atomic mass is 35.5. The molecule has 1 aromatic carbocycles. The van der Waals surface area contributed by atoms with Gasteiger partial charge in [-0.15, -0.1) is 5.10 Å². The van der Waals surface area contributed by atoms with E-state index in [-0.39, 0.29) is 11.1 Å². The van der Waals surface area contributed by atoms with Crippen LogP contribution >= 0.6 is 11.6 Å². The maximum Gasteiger partial charge on any atom is 0.141 e. The van der Waals surface area contributed by atoms with E-state index >= 15 is 0 Å². The standard InChI is InChI=1S/C11H12ClFN4/c1-17-6-8(15-16-17)5-11(14)7-2-3-10(13)9(12)4-7/h2-4,6,11H,5,14H2,1H3. The van der Waals surface area contributed by atoms with Gasteiger partial charge in [-0.3, -0.25) is 4.68 Å². The molecule has 0 amide bonds. The number of hydrogen-bond acceptors (Lipinski definition) is 3. The van der Waals surface area contributed by atoms with Gasteiger partial charge in [-0.1, -0.05) is 22.9 Å². The van der Waals surface area contributed by atoms with Crippen molar-refractivity contribution in [1.29, 1.82) is 0 Å². The van der Waals surface area contributed by atoms with E-state index in [2.05, 4.69) is 10.3 Å². The van der Waals surface area contributed by atoms with Gasteiger partial charge in [0.2, 0.25) is 0 Å². The average Bonchev–Trinajstić information content (AvgIpc) is 2.68. The molecule has 4 nitrogen and oxygen atoms in total. The molecule has 1 atom stereocenters. The van der Waals surface area contributed by atoms with E-state index in [4.69, 9.17) is 17.3 Å². The molecule has 2 N–H and O–H groups in total. The molecule has 0 fully saturated rings. The number of hydrogen-bond donors (Lipinski definition) is 1. The Bertz CT molecular complexity index is 526. The summed E-state index contributed by atoms with van der Waals surface area (Å²) in [4.78, 5) is 0. The third kappa shape index (κ3) is 2.81. The van der Waals surface area contributed by atoms with E-state index in [0.29, 0.717) is 6.42 Å². The zero-order valence-corrected chi connectivity index (χ0v) is 10.0. The van der Waals surface area contributed by atoms with Crippen LogP contribution in [-0.2, 0) is 13.5 Å². The Morgan fingerprint density at radius 1 is 1.53 bits per heavy atom. The summed E-state index contributed by atoms with van der Waals surface area (Å²) in [6, 6.07) is 4.21. The number of rotatable bonds is 3. The fraction of sp³-hybridized carbons (Fsp3) is 0.273. The fourth-order valence-corrected chi connectivity index (χ4v) is 1.76. The van der Waals surface area contributed by atoms with Gasteiger partial charge in [0.05, 0.1) is 10.7 Å². The molecule has 1 heterocycles. The molecule has 0 bridgehead atoms. The third-order valence-electron chi connectivity index (χ3n) is 2.45. The van der Waals surface area contributed by atoms with E-state index in [1.807, 2.05) is 0 Å². The van der Waals surface area contributed by atoms with E-state index in [9.17, 15) is 4.39 Å². The summed E-state index contributed by atoms with van der Waals surface area (Å²) in [6.07, 6.45) is 2.33. The second kappa shape index (κ2) is 4.81. The van der Waals surface area contributed by atoms with E-state index in [0.717, 1.165) is 11.3 Å². The number of nitrogens with zero attached hydrogens (tertiary/aromatic N) is 3. The summed E-state index contributed by atoms with van der Waals surface area (Å²) >= 11 is 5.70. The SMILES string of the molecule is Cn1cc(CC(N)c2ccc(F)c(Cl)c2)nn1. The summed E-state index contributed by atoms with van der Waals surface area (Å²) in [6.45, 7) is 0. The van der Waals surface area contributed by atoms with Crippen molar-refractivity contribution in [2.75, 3.05) is 0 Å². The molecule has 0 spiro atoms. The van der Waals surface area contributed by atoms with E-state index in [1.54, 1.807) is 24.0 Å². The third-order valence-corrected chi connectivity index (χ3v) is 2.74. The Morgan fingerprint density at radius 2 is 2.29 bits per heavy atom. The van der Waals surface area contributed by atoms with Crippen molar-refractivity contribution in [3.05, 3.63) is 46.5 Å². The van der Waals surface area contributed by atoms with Gasteiger partial charge in [0.1, 0.15) is 5.82 Å². The van der Waals surface area contributed by atoms with Crippen LogP contribution in [0.2, 0.25) is 5.02 Å². The molecular weight excluding hydrogens is 243 g/mol. The fourth-order valence-electron chi connectivity index (χ4n) is 1.58. The lowest BCUT2D eigenvalue weighted by atomic mass is 10.0. The van der Waals surface area contributed by atoms with Crippen LogP contribution in [0.4, 0.5) is 4.39 Å². The van der Waals surface area contributed by atoms with Gasteiger partial charge in [0.25, 0.3) is 0 Å². The Balaban J connectivity index is 2.14. The molecular formula is C11H12ClFN4. The van der Waals surface area contributed by atoms with Gasteiger partial charge in [0.15, 0.2) is 0 Å². The first-order valence-electron chi connectivity index (χ1n) is 5.12. The second-order valence-corrected chi connectivity index (χ2v) is 4.27. The first-order chi connectivity index (χ1) is 8.06. The van der Waals surface area contributed by atoms with Crippen molar-refractivity contribution in [3.63, 3.8) is 0 Å². The Labute approximate surface area is 103 Å². The summed E-state index contributed by atoms with van der Waals surface area (Å²) < 4.78 is 14.6. The van der Waals surface area contributed by atoms with Gasteiger partial charge in [-0.2, -0.15) is 0 Å². The lowest BCUT2D eigenvalue weighted by molar-refractivity contribution is 0.624. The summed E-state index contributed by atoms with van der Waals surface area (Å²) in [5.41, 5.74) is 7.57. The van der Waals surface area contributed by atoms with Crippen molar-refractivity contribution in [2.24, 2.45) is 12.8 Å². The van der Waals surface area contributed by atoms with E-state index < -0.39 is 5.82 Å². The van der Waals surface area contributed by atoms with E-state index in [1.165, 1.54) is 12.1 Å². The largest absolute Gasteiger partial charge is 0.324 e. The minimum atomic E-state index is -0.442. The van der Waals surface area contributed by atoms with Gasteiger partial charge in [0, 0.05) is 25.7 Å². The molecule has 0 radical (unpaired) electrons. The number of aromatic nitrogens is 3. The van der Waals surface area contributed by atoms with Crippen LogP contribution in [0.25, 0.3) is 0 Å². The number of nitrogens with two attached hydrogens (primary N) is 1. The highest BCUT2D eigenvalue weighted by molar-refractivity contribution is 6.30. The maximum absolute atomic E-state index is 13.0. The zero-order chi connectivity index (χ0) is 12.4. The molecule has 0 saturated heterocycles. The second-order valence-electron chi connectivity index (χ2n) is 3.87. The predicted molar refractivity (Wildman–Crippen MR) is 63.0 cm³/mol. The van der Waals surface area contributed by atoms with Crippen molar-refractivity contribution < 1.29 is 4.39 Å². The van der Waals surface area contributed by atoms with Crippen LogP contribution in [0.1, 0.15) is 17.3 Å². The predicted octanol–water partition coefficient (Wildman–Crippen LogP) is 1.85. The van der Waals surface area contributed by atoms with Gasteiger partial charge < -0.3 is 5.73 Å². The van der Waals surface area contributed by atoms with Gasteiger partial charge in [-0.05, 0) is 17.7 Å². The topological polar surface area (TPSA) is 56.7 Å². The molecule has 0 aliphatic heterocycles. The molecule has 1 unspecified atom stereocenters. The van der Waals surface area contributed by atoms with Crippen LogP contribution in [0, 0.1) is 5.82 Å². The molecule has 17 heavy (non-hydrogen) atoms. The Morgan fingerprint density at radius 3 is 2.88 bits per heavy atom. The van der Waals surface area contributed by atoms with Crippen LogP contribution in [0.5, 0.6) is 0 Å². The zero-order valence-electron chi connectivity index (χ0n) is 9.27. The normalized spacial score (nSPS) is 12.7. The number of halogens is 2. The van der Waals surface area contributed by atoms with Crippen molar-refractivity contribution in [3.8, 4) is 0 Å². The molecule has 2 aromatic rings. The maximum atomic E-state index is 13.0. The monoisotopic (exact) mass is 254 g/mol. The molecule has 2 rings (SSSR count). The molecule has 0 saturated carbocycles. The van der Waals surface area contributed by atoms with Crippen molar-refractivity contribution in [1.82, 2.24) is 15.0 Å². The smallest absolute Gasteiger partial charge is 0.141 e. The summed E-state index contributed by atoms with van der Waals surface area (Å²) in [5, 5.41) is 7.85. The molecule has 6 heteroatoms. The van der Waals surface area contributed by atoms with Crippen LogP contribution in [0.15, 0.2) is 24.4 Å². The van der Waals surface area contributed by atoms with Crippen molar-refractivity contribution >= 4 is 11.6 Å². The van der Waals surface area contributed by atoms with Crippen LogP contribution in [-0.4, -0.2) is 15.0 Å². The summed E-state index contributed by atoms with van der Waals surface area (Å²) in [5.74, 6) is -0.442. The van der Waals surface area contributed by atoms with Gasteiger partial charge >= 0.3 is 0 Å². The Kier molecular flexibility index (Phi) is 3.40. The first kappa shape index (κ1) is 12.0.